The third-order valence-electron chi connectivity index (χ3n) is 6.04. The van der Waals surface area contributed by atoms with Crippen molar-refractivity contribution in [3.05, 3.63) is 18.0 Å². The van der Waals surface area contributed by atoms with Gasteiger partial charge in [-0.3, -0.25) is 0 Å². The van der Waals surface area contributed by atoms with Crippen molar-refractivity contribution in [2.24, 2.45) is 11.1 Å². The molecule has 0 atom stereocenters. The van der Waals surface area contributed by atoms with Crippen LogP contribution in [0.3, 0.4) is 0 Å². The Morgan fingerprint density at radius 2 is 1.80 bits per heavy atom. The summed E-state index contributed by atoms with van der Waals surface area (Å²) in [5, 5.41) is 19.3. The van der Waals surface area contributed by atoms with Gasteiger partial charge >= 0.3 is 12.1 Å². The lowest BCUT2D eigenvalue weighted by Crippen LogP contribution is -2.47. The molecule has 0 unspecified atom stereocenters. The standard InChI is InChI=1S/C16H21N5O2.C2HF3O2/c1-22-12-3-2-11(19-20-12)13-18-14(23-21-13)16-7-4-15(10-17,5-8-16)6-9-16;3-2(4,5)1(6)7/h2-3H,4-10,17H2,1H3;(H,6,7). The van der Waals surface area contributed by atoms with Crippen LogP contribution in [0.1, 0.15) is 44.4 Å². The van der Waals surface area contributed by atoms with Crippen LogP contribution in [0.2, 0.25) is 0 Å². The summed E-state index contributed by atoms with van der Waals surface area (Å²) in [6, 6.07) is 3.53. The fourth-order valence-corrected chi connectivity index (χ4v) is 3.98. The minimum Gasteiger partial charge on any atom is -0.480 e. The minimum atomic E-state index is -5.08. The molecule has 2 heterocycles. The van der Waals surface area contributed by atoms with Crippen molar-refractivity contribution in [2.75, 3.05) is 13.7 Å². The molecule has 2 bridgehead atoms. The summed E-state index contributed by atoms with van der Waals surface area (Å²) in [6.45, 7) is 0.791. The van der Waals surface area contributed by atoms with Crippen molar-refractivity contribution in [2.45, 2.75) is 50.1 Å². The summed E-state index contributed by atoms with van der Waals surface area (Å²) in [7, 11) is 1.56. The molecule has 0 saturated heterocycles. The summed E-state index contributed by atoms with van der Waals surface area (Å²) in [6.07, 6.45) is 1.64. The fourth-order valence-electron chi connectivity index (χ4n) is 3.98. The van der Waals surface area contributed by atoms with E-state index in [2.05, 4.69) is 20.3 Å². The minimum absolute atomic E-state index is 0.0298. The molecule has 3 fully saturated rings. The van der Waals surface area contributed by atoms with Crippen LogP contribution in [0.15, 0.2) is 16.7 Å². The number of rotatable bonds is 4. The second kappa shape index (κ2) is 8.17. The zero-order valence-corrected chi connectivity index (χ0v) is 16.3. The number of hydrogen-bond donors (Lipinski definition) is 2. The molecular weight excluding hydrogens is 407 g/mol. The molecule has 9 nitrogen and oxygen atoms in total. The lowest BCUT2D eigenvalue weighted by Gasteiger charge is -2.51. The van der Waals surface area contributed by atoms with Crippen LogP contribution in [0.4, 0.5) is 13.2 Å². The number of aromatic nitrogens is 4. The van der Waals surface area contributed by atoms with Crippen molar-refractivity contribution in [3.8, 4) is 17.4 Å². The predicted molar refractivity (Wildman–Crippen MR) is 96.4 cm³/mol. The van der Waals surface area contributed by atoms with Gasteiger partial charge in [-0.05, 0) is 56.6 Å². The number of nitrogens with two attached hydrogens (primary N) is 1. The maximum atomic E-state index is 10.6. The summed E-state index contributed by atoms with van der Waals surface area (Å²) in [5.74, 6) is -1.05. The lowest BCUT2D eigenvalue weighted by atomic mass is 9.53. The van der Waals surface area contributed by atoms with E-state index in [1.165, 1.54) is 0 Å². The van der Waals surface area contributed by atoms with E-state index in [0.29, 0.717) is 22.8 Å². The van der Waals surface area contributed by atoms with Crippen LogP contribution in [-0.2, 0) is 10.2 Å². The highest BCUT2D eigenvalue weighted by atomic mass is 19.4. The smallest absolute Gasteiger partial charge is 0.480 e. The molecule has 2 aromatic rings. The summed E-state index contributed by atoms with van der Waals surface area (Å²) in [5.41, 5.74) is 6.96. The Morgan fingerprint density at radius 3 is 2.23 bits per heavy atom. The van der Waals surface area contributed by atoms with Gasteiger partial charge in [-0.2, -0.15) is 18.2 Å². The first-order chi connectivity index (χ1) is 14.1. The van der Waals surface area contributed by atoms with E-state index in [0.717, 1.165) is 51.0 Å². The topological polar surface area (TPSA) is 137 Å². The largest absolute Gasteiger partial charge is 0.490 e. The number of aliphatic carboxylic acids is 1. The van der Waals surface area contributed by atoms with Crippen molar-refractivity contribution in [3.63, 3.8) is 0 Å². The summed E-state index contributed by atoms with van der Waals surface area (Å²) in [4.78, 5) is 13.5. The number of nitrogens with zero attached hydrogens (tertiary/aromatic N) is 4. The number of alkyl halides is 3. The zero-order valence-electron chi connectivity index (χ0n) is 16.3. The molecule has 0 aliphatic heterocycles. The number of carboxylic acids is 1. The summed E-state index contributed by atoms with van der Waals surface area (Å²) < 4.78 is 42.4. The number of carbonyl (C=O) groups is 1. The molecule has 5 rings (SSSR count). The van der Waals surface area contributed by atoms with Gasteiger partial charge in [0, 0.05) is 11.5 Å². The molecule has 3 aliphatic carbocycles. The molecule has 2 aromatic heterocycles. The van der Waals surface area contributed by atoms with Crippen LogP contribution in [0.5, 0.6) is 5.88 Å². The number of methoxy groups -OCH3 is 1. The number of fused-ring (bicyclic) bond motifs is 3. The third kappa shape index (κ3) is 4.37. The first-order valence-electron chi connectivity index (χ1n) is 9.36. The Balaban J connectivity index is 0.000000318. The van der Waals surface area contributed by atoms with Gasteiger partial charge in [0.25, 0.3) is 0 Å². The monoisotopic (exact) mass is 429 g/mol. The predicted octanol–water partition coefficient (Wildman–Crippen LogP) is 2.72. The average molecular weight is 429 g/mol. The van der Waals surface area contributed by atoms with Crippen LogP contribution in [0.25, 0.3) is 11.5 Å². The van der Waals surface area contributed by atoms with E-state index in [9.17, 15) is 13.2 Å². The molecule has 3 saturated carbocycles. The Bertz CT molecular complexity index is 860. The van der Waals surface area contributed by atoms with Gasteiger partial charge in [0.1, 0.15) is 5.69 Å². The molecule has 0 amide bonds. The first kappa shape index (κ1) is 21.9. The van der Waals surface area contributed by atoms with Crippen molar-refractivity contribution in [1.29, 1.82) is 0 Å². The number of hydrogen-bond acceptors (Lipinski definition) is 8. The van der Waals surface area contributed by atoms with E-state index >= 15 is 0 Å². The van der Waals surface area contributed by atoms with Gasteiger partial charge in [0.15, 0.2) is 0 Å². The van der Waals surface area contributed by atoms with E-state index in [-0.39, 0.29) is 5.41 Å². The van der Waals surface area contributed by atoms with Gasteiger partial charge < -0.3 is 20.1 Å². The highest BCUT2D eigenvalue weighted by molar-refractivity contribution is 5.73. The van der Waals surface area contributed by atoms with Gasteiger partial charge in [-0.25, -0.2) is 4.79 Å². The van der Waals surface area contributed by atoms with Gasteiger partial charge in [-0.15, -0.1) is 10.2 Å². The quantitative estimate of drug-likeness (QED) is 0.751. The fraction of sp³-hybridized carbons (Fsp3) is 0.611. The van der Waals surface area contributed by atoms with E-state index in [4.69, 9.17) is 24.9 Å². The SMILES string of the molecule is COc1ccc(-c2noc(C34CCC(CN)(CC3)CC4)n2)nn1.O=C(O)C(F)(F)F. The Kier molecular flexibility index (Phi) is 5.97. The molecule has 0 radical (unpaired) electrons. The lowest BCUT2D eigenvalue weighted by molar-refractivity contribution is -0.192. The van der Waals surface area contributed by atoms with E-state index in [1.807, 2.05) is 0 Å². The van der Waals surface area contributed by atoms with Crippen LogP contribution < -0.4 is 10.5 Å². The van der Waals surface area contributed by atoms with Gasteiger partial charge in [-0.1, -0.05) is 5.16 Å². The molecular formula is C18H22F3N5O4. The van der Waals surface area contributed by atoms with Crippen molar-refractivity contribution < 1.29 is 32.3 Å². The molecule has 164 valence electrons. The number of ether oxygens (including phenoxy) is 1. The maximum Gasteiger partial charge on any atom is 0.490 e. The maximum absolute atomic E-state index is 10.6. The average Bonchev–Trinajstić information content (AvgIpc) is 3.26. The van der Waals surface area contributed by atoms with E-state index < -0.39 is 12.1 Å². The Labute approximate surface area is 169 Å². The Hall–Kier alpha value is -2.76. The molecule has 3 aliphatic rings. The second-order valence-corrected chi connectivity index (χ2v) is 7.67. The molecule has 30 heavy (non-hydrogen) atoms. The number of halogens is 3. The van der Waals surface area contributed by atoms with E-state index in [1.54, 1.807) is 19.2 Å². The van der Waals surface area contributed by atoms with Gasteiger partial charge in [0.05, 0.1) is 7.11 Å². The van der Waals surface area contributed by atoms with Gasteiger partial charge in [0.2, 0.25) is 17.6 Å². The summed E-state index contributed by atoms with van der Waals surface area (Å²) >= 11 is 0. The normalized spacial score (nSPS) is 25.4. The molecule has 12 heteroatoms. The molecule has 0 aromatic carbocycles. The van der Waals surface area contributed by atoms with Crippen LogP contribution in [-0.4, -0.2) is 51.2 Å². The highest BCUT2D eigenvalue weighted by Crippen LogP contribution is 2.57. The third-order valence-corrected chi connectivity index (χ3v) is 6.04. The van der Waals surface area contributed by atoms with Crippen molar-refractivity contribution >= 4 is 5.97 Å². The van der Waals surface area contributed by atoms with Crippen LogP contribution in [0, 0.1) is 5.41 Å². The highest BCUT2D eigenvalue weighted by Gasteiger charge is 2.51. The van der Waals surface area contributed by atoms with Crippen molar-refractivity contribution in [1.82, 2.24) is 20.3 Å². The van der Waals surface area contributed by atoms with Crippen LogP contribution >= 0.6 is 0 Å². The number of carboxylic acid groups (broad SMARTS) is 1. The second-order valence-electron chi connectivity index (χ2n) is 7.67. The Morgan fingerprint density at radius 1 is 1.20 bits per heavy atom. The first-order valence-corrected chi connectivity index (χ1v) is 9.36. The molecule has 3 N–H and O–H groups in total. The zero-order chi connectivity index (χ0) is 22.0. The molecule has 0 spiro atoms.